The quantitative estimate of drug-likeness (QED) is 0.881. The molecule has 0 bridgehead atoms. The highest BCUT2D eigenvalue weighted by molar-refractivity contribution is 5.48. The largest absolute Gasteiger partial charge is 0.381 e. The fraction of sp³-hybridized carbons (Fsp3) is 0.714. The Morgan fingerprint density at radius 1 is 1.37 bits per heavy atom. The van der Waals surface area contributed by atoms with Gasteiger partial charge in [-0.15, -0.1) is 0 Å². The zero-order chi connectivity index (χ0) is 13.7. The van der Waals surface area contributed by atoms with Crippen molar-refractivity contribution in [3.8, 4) is 0 Å². The molecule has 1 fully saturated rings. The molecule has 19 heavy (non-hydrogen) atoms. The summed E-state index contributed by atoms with van der Waals surface area (Å²) in [6, 6.07) is 2.01. The molecule has 1 N–H and O–H groups in total. The maximum atomic E-state index is 5.41. The molecule has 1 aliphatic heterocycles. The number of nitrogens with one attached hydrogen (secondary N) is 1. The summed E-state index contributed by atoms with van der Waals surface area (Å²) in [5, 5.41) is 3.10. The van der Waals surface area contributed by atoms with Gasteiger partial charge in [0.25, 0.3) is 0 Å². The van der Waals surface area contributed by atoms with Gasteiger partial charge in [0.2, 0.25) is 0 Å². The number of rotatable bonds is 5. The molecule has 0 spiro atoms. The van der Waals surface area contributed by atoms with Gasteiger partial charge in [0.1, 0.15) is 17.5 Å². The molecule has 2 heterocycles. The van der Waals surface area contributed by atoms with Crippen LogP contribution < -0.4 is 10.2 Å². The van der Waals surface area contributed by atoms with Crippen molar-refractivity contribution in [2.45, 2.75) is 26.2 Å². The zero-order valence-electron chi connectivity index (χ0n) is 12.1. The molecule has 0 radical (unpaired) electrons. The number of hydrogen-bond acceptors (Lipinski definition) is 5. The number of anilines is 2. The third-order valence-corrected chi connectivity index (χ3v) is 3.60. The van der Waals surface area contributed by atoms with Crippen LogP contribution in [0.1, 0.15) is 25.6 Å². The molecule has 0 atom stereocenters. The number of ether oxygens (including phenoxy) is 1. The Balaban J connectivity index is 2.06. The van der Waals surface area contributed by atoms with Gasteiger partial charge in [-0.1, -0.05) is 6.92 Å². The normalized spacial score (nSPS) is 16.4. The van der Waals surface area contributed by atoms with E-state index >= 15 is 0 Å². The molecule has 5 nitrogen and oxygen atoms in total. The number of aromatic nitrogens is 2. The van der Waals surface area contributed by atoms with E-state index in [-0.39, 0.29) is 0 Å². The lowest BCUT2D eigenvalue weighted by atomic mass is 10.00. The molecule has 0 saturated carbocycles. The highest BCUT2D eigenvalue weighted by atomic mass is 16.5. The van der Waals surface area contributed by atoms with Crippen molar-refractivity contribution in [2.24, 2.45) is 5.92 Å². The molecule has 1 aromatic rings. The van der Waals surface area contributed by atoms with Gasteiger partial charge in [-0.2, -0.15) is 0 Å². The van der Waals surface area contributed by atoms with Gasteiger partial charge < -0.3 is 15.0 Å². The van der Waals surface area contributed by atoms with Crippen molar-refractivity contribution in [1.82, 2.24) is 9.97 Å². The summed E-state index contributed by atoms with van der Waals surface area (Å²) in [4.78, 5) is 11.3. The number of hydrogen-bond donors (Lipinski definition) is 1. The lowest BCUT2D eigenvalue weighted by Crippen LogP contribution is -2.30. The topological polar surface area (TPSA) is 50.3 Å². The van der Waals surface area contributed by atoms with Gasteiger partial charge in [-0.05, 0) is 18.8 Å². The Kier molecular flexibility index (Phi) is 4.96. The number of aryl methyl sites for hydroxylation is 1. The fourth-order valence-corrected chi connectivity index (χ4v) is 2.37. The molecule has 2 rings (SSSR count). The minimum absolute atomic E-state index is 0.705. The van der Waals surface area contributed by atoms with E-state index in [0.717, 1.165) is 56.5 Å². The minimum atomic E-state index is 0.705. The average Bonchev–Trinajstić information content (AvgIpc) is 2.47. The Labute approximate surface area is 115 Å². The summed E-state index contributed by atoms with van der Waals surface area (Å²) in [7, 11) is 4.00. The molecule has 0 amide bonds. The summed E-state index contributed by atoms with van der Waals surface area (Å²) in [6.07, 6.45) is 3.15. The van der Waals surface area contributed by atoms with Gasteiger partial charge in [0.05, 0.1) is 0 Å². The van der Waals surface area contributed by atoms with Crippen LogP contribution in [-0.4, -0.2) is 43.8 Å². The first-order valence-electron chi connectivity index (χ1n) is 7.07. The van der Waals surface area contributed by atoms with Crippen LogP contribution in [0.4, 0.5) is 11.6 Å². The average molecular weight is 264 g/mol. The molecule has 0 aliphatic carbocycles. The van der Waals surface area contributed by atoms with Gasteiger partial charge >= 0.3 is 0 Å². The van der Waals surface area contributed by atoms with E-state index in [0.29, 0.717) is 5.92 Å². The van der Waals surface area contributed by atoms with Gasteiger partial charge in [-0.25, -0.2) is 9.97 Å². The standard InChI is InChI=1S/C14H24N4O/c1-4-12-16-13(15-2)9-14(17-12)18(3)10-11-5-7-19-8-6-11/h9,11H,4-8,10H2,1-3H3,(H,15,16,17). The van der Waals surface area contributed by atoms with E-state index in [1.165, 1.54) is 0 Å². The van der Waals surface area contributed by atoms with Gasteiger partial charge in [0, 0.05) is 46.3 Å². The van der Waals surface area contributed by atoms with Crippen LogP contribution in [-0.2, 0) is 11.2 Å². The van der Waals surface area contributed by atoms with E-state index in [9.17, 15) is 0 Å². The fourth-order valence-electron chi connectivity index (χ4n) is 2.37. The second-order valence-electron chi connectivity index (χ2n) is 5.07. The summed E-state index contributed by atoms with van der Waals surface area (Å²) in [5.74, 6) is 3.49. The third-order valence-electron chi connectivity index (χ3n) is 3.60. The van der Waals surface area contributed by atoms with Gasteiger partial charge in [0.15, 0.2) is 0 Å². The second kappa shape index (κ2) is 6.70. The van der Waals surface area contributed by atoms with Crippen LogP contribution in [0, 0.1) is 5.92 Å². The molecule has 5 heteroatoms. The van der Waals surface area contributed by atoms with Crippen molar-refractivity contribution in [1.29, 1.82) is 0 Å². The first-order chi connectivity index (χ1) is 9.22. The van der Waals surface area contributed by atoms with E-state index in [1.54, 1.807) is 0 Å². The molecule has 106 valence electrons. The van der Waals surface area contributed by atoms with E-state index in [4.69, 9.17) is 4.74 Å². The van der Waals surface area contributed by atoms with E-state index < -0.39 is 0 Å². The van der Waals surface area contributed by atoms with Crippen molar-refractivity contribution in [2.75, 3.05) is 44.1 Å². The molecule has 1 aromatic heterocycles. The van der Waals surface area contributed by atoms with Crippen LogP contribution in [0.2, 0.25) is 0 Å². The molecular formula is C14H24N4O. The lowest BCUT2D eigenvalue weighted by Gasteiger charge is -2.28. The smallest absolute Gasteiger partial charge is 0.134 e. The zero-order valence-corrected chi connectivity index (χ0v) is 12.1. The summed E-state index contributed by atoms with van der Waals surface area (Å²) >= 11 is 0. The van der Waals surface area contributed by atoms with Crippen LogP contribution in [0.5, 0.6) is 0 Å². The van der Waals surface area contributed by atoms with Crippen LogP contribution >= 0.6 is 0 Å². The predicted molar refractivity (Wildman–Crippen MR) is 77.8 cm³/mol. The first kappa shape index (κ1) is 14.1. The predicted octanol–water partition coefficient (Wildman–Crippen LogP) is 1.94. The summed E-state index contributed by atoms with van der Waals surface area (Å²) < 4.78 is 5.41. The van der Waals surface area contributed by atoms with E-state index in [1.807, 2.05) is 13.1 Å². The molecular weight excluding hydrogens is 240 g/mol. The Hall–Kier alpha value is -1.36. The molecule has 1 saturated heterocycles. The Morgan fingerprint density at radius 2 is 2.11 bits per heavy atom. The van der Waals surface area contributed by atoms with Crippen LogP contribution in [0.25, 0.3) is 0 Å². The van der Waals surface area contributed by atoms with Crippen molar-refractivity contribution < 1.29 is 4.74 Å². The van der Waals surface area contributed by atoms with Crippen molar-refractivity contribution in [3.05, 3.63) is 11.9 Å². The van der Waals surface area contributed by atoms with Crippen LogP contribution in [0.3, 0.4) is 0 Å². The molecule has 0 unspecified atom stereocenters. The van der Waals surface area contributed by atoms with Crippen LogP contribution in [0.15, 0.2) is 6.07 Å². The number of nitrogens with zero attached hydrogens (tertiary/aromatic N) is 3. The third kappa shape index (κ3) is 3.80. The van der Waals surface area contributed by atoms with Gasteiger partial charge in [-0.3, -0.25) is 0 Å². The van der Waals surface area contributed by atoms with Crippen molar-refractivity contribution >= 4 is 11.6 Å². The molecule has 1 aliphatic rings. The highest BCUT2D eigenvalue weighted by Crippen LogP contribution is 2.20. The molecule has 0 aromatic carbocycles. The second-order valence-corrected chi connectivity index (χ2v) is 5.07. The Bertz CT molecular complexity index is 382. The first-order valence-corrected chi connectivity index (χ1v) is 7.07. The summed E-state index contributed by atoms with van der Waals surface area (Å²) in [6.45, 7) is 4.90. The monoisotopic (exact) mass is 264 g/mol. The SMILES string of the molecule is CCc1nc(NC)cc(N(C)CC2CCOCC2)n1. The minimum Gasteiger partial charge on any atom is -0.381 e. The Morgan fingerprint density at radius 3 is 2.74 bits per heavy atom. The summed E-state index contributed by atoms with van der Waals surface area (Å²) in [5.41, 5.74) is 0. The van der Waals surface area contributed by atoms with E-state index in [2.05, 4.69) is 34.2 Å². The highest BCUT2D eigenvalue weighted by Gasteiger charge is 2.17. The van der Waals surface area contributed by atoms with Crippen molar-refractivity contribution in [3.63, 3.8) is 0 Å². The lowest BCUT2D eigenvalue weighted by molar-refractivity contribution is 0.0685. The maximum absolute atomic E-state index is 5.41. The maximum Gasteiger partial charge on any atom is 0.134 e.